The van der Waals surface area contributed by atoms with Gasteiger partial charge in [-0.3, -0.25) is 4.79 Å². The quantitative estimate of drug-likeness (QED) is 0.581. The van der Waals surface area contributed by atoms with Gasteiger partial charge in [0.15, 0.2) is 0 Å². The van der Waals surface area contributed by atoms with Gasteiger partial charge in [0.1, 0.15) is 5.58 Å². The van der Waals surface area contributed by atoms with Crippen molar-refractivity contribution in [2.45, 2.75) is 77.0 Å². The van der Waals surface area contributed by atoms with E-state index < -0.39 is 0 Å². The Bertz CT molecular complexity index is 796. The molecule has 1 N–H and O–H groups in total. The zero-order valence-electron chi connectivity index (χ0n) is 17.9. The third-order valence-corrected chi connectivity index (χ3v) is 6.95. The Morgan fingerprint density at radius 2 is 1.86 bits per heavy atom. The van der Waals surface area contributed by atoms with Gasteiger partial charge in [-0.05, 0) is 75.9 Å². The fourth-order valence-corrected chi connectivity index (χ4v) is 5.08. The number of nitrogens with zero attached hydrogens (tertiary/aromatic N) is 1. The summed E-state index contributed by atoms with van der Waals surface area (Å²) in [4.78, 5) is 15.4. The molecule has 4 rings (SSSR count). The largest absolute Gasteiger partial charge is 0.464 e. The number of nitrogens with one attached hydrogen (secondary N) is 1. The van der Waals surface area contributed by atoms with Gasteiger partial charge in [-0.2, -0.15) is 0 Å². The lowest BCUT2D eigenvalue weighted by atomic mass is 9.89. The first-order valence-corrected chi connectivity index (χ1v) is 11.8. The second-order valence-electron chi connectivity index (χ2n) is 9.05. The van der Waals surface area contributed by atoms with E-state index in [4.69, 9.17) is 4.42 Å². The van der Waals surface area contributed by atoms with Crippen LogP contribution in [0, 0.1) is 5.92 Å². The molecule has 0 atom stereocenters. The molecule has 158 valence electrons. The number of likely N-dealkylation sites (tertiary alicyclic amines) is 1. The Balaban J connectivity index is 1.43. The van der Waals surface area contributed by atoms with Crippen molar-refractivity contribution in [2.75, 3.05) is 25.0 Å². The minimum atomic E-state index is 0.171. The van der Waals surface area contributed by atoms with Crippen molar-refractivity contribution in [1.82, 2.24) is 4.90 Å². The molecule has 2 fully saturated rings. The van der Waals surface area contributed by atoms with Gasteiger partial charge in [-0.1, -0.05) is 39.0 Å². The summed E-state index contributed by atoms with van der Waals surface area (Å²) in [5, 5.41) is 4.37. The highest BCUT2D eigenvalue weighted by molar-refractivity contribution is 5.95. The number of piperidine rings is 1. The lowest BCUT2D eigenvalue weighted by Crippen LogP contribution is -2.33. The van der Waals surface area contributed by atoms with Crippen molar-refractivity contribution in [3.05, 3.63) is 30.0 Å². The van der Waals surface area contributed by atoms with Crippen LogP contribution in [-0.2, 0) is 4.79 Å². The Kier molecular flexibility index (Phi) is 6.91. The number of benzene rings is 1. The Morgan fingerprint density at radius 3 is 2.59 bits per heavy atom. The third-order valence-electron chi connectivity index (χ3n) is 6.95. The Morgan fingerprint density at radius 1 is 1.10 bits per heavy atom. The molecule has 2 aliphatic rings. The Labute approximate surface area is 175 Å². The van der Waals surface area contributed by atoms with Gasteiger partial charge in [-0.25, -0.2) is 0 Å². The van der Waals surface area contributed by atoms with Crippen LogP contribution in [0.2, 0.25) is 0 Å². The second kappa shape index (κ2) is 9.80. The van der Waals surface area contributed by atoms with Gasteiger partial charge in [0.05, 0.1) is 6.26 Å². The number of carbonyl (C=O) groups excluding carboxylic acids is 1. The molecular weight excluding hydrogens is 360 g/mol. The maximum atomic E-state index is 12.8. The minimum Gasteiger partial charge on any atom is -0.464 e. The van der Waals surface area contributed by atoms with Crippen molar-refractivity contribution in [2.24, 2.45) is 5.92 Å². The van der Waals surface area contributed by atoms with Crippen LogP contribution in [0.25, 0.3) is 11.0 Å². The van der Waals surface area contributed by atoms with E-state index in [2.05, 4.69) is 23.2 Å². The van der Waals surface area contributed by atoms with E-state index in [-0.39, 0.29) is 11.8 Å². The molecule has 1 saturated carbocycles. The average Bonchev–Trinajstić information content (AvgIpc) is 2.97. The van der Waals surface area contributed by atoms with Crippen molar-refractivity contribution in [1.29, 1.82) is 0 Å². The molecule has 0 spiro atoms. The monoisotopic (exact) mass is 396 g/mol. The highest BCUT2D eigenvalue weighted by Gasteiger charge is 2.24. The first-order valence-electron chi connectivity index (χ1n) is 11.8. The molecule has 2 heterocycles. The molecule has 1 aromatic heterocycles. The summed E-state index contributed by atoms with van der Waals surface area (Å²) in [6.07, 6.45) is 13.9. The molecule has 1 amide bonds. The highest BCUT2D eigenvalue weighted by atomic mass is 16.3. The maximum absolute atomic E-state index is 12.8. The number of anilines is 1. The van der Waals surface area contributed by atoms with Crippen LogP contribution in [0.3, 0.4) is 0 Å². The summed E-state index contributed by atoms with van der Waals surface area (Å²) in [6, 6.07) is 6.13. The van der Waals surface area contributed by atoms with E-state index in [0.29, 0.717) is 5.92 Å². The number of amides is 1. The molecule has 2 aromatic rings. The number of rotatable bonds is 6. The number of hydrogen-bond acceptors (Lipinski definition) is 3. The molecule has 0 unspecified atom stereocenters. The van der Waals surface area contributed by atoms with E-state index >= 15 is 0 Å². The SMILES string of the molecule is CCCCN1CCC(c2coc3ccc(NC(=O)C4CCCCCC4)cc23)CC1. The summed E-state index contributed by atoms with van der Waals surface area (Å²) in [5.41, 5.74) is 3.16. The molecule has 1 saturated heterocycles. The number of carbonyl (C=O) groups is 1. The predicted molar refractivity (Wildman–Crippen MR) is 119 cm³/mol. The fourth-order valence-electron chi connectivity index (χ4n) is 5.08. The van der Waals surface area contributed by atoms with E-state index in [1.54, 1.807) is 0 Å². The third kappa shape index (κ3) is 5.03. The topological polar surface area (TPSA) is 45.5 Å². The summed E-state index contributed by atoms with van der Waals surface area (Å²) in [7, 11) is 0. The van der Waals surface area contributed by atoms with Gasteiger partial charge in [0.2, 0.25) is 5.91 Å². The summed E-state index contributed by atoms with van der Waals surface area (Å²) in [6.45, 7) is 5.84. The molecule has 1 aliphatic carbocycles. The standard InChI is InChI=1S/C25H36N2O2/c1-2-3-14-27-15-12-19(13-16-27)23-18-29-24-11-10-21(17-22(23)24)26-25(28)20-8-6-4-5-7-9-20/h10-11,17-20H,2-9,12-16H2,1H3,(H,26,28). The van der Waals surface area contributed by atoms with E-state index in [1.807, 2.05) is 18.4 Å². The van der Waals surface area contributed by atoms with Crippen LogP contribution >= 0.6 is 0 Å². The van der Waals surface area contributed by atoms with E-state index in [9.17, 15) is 4.79 Å². The van der Waals surface area contributed by atoms with Gasteiger partial charge in [-0.15, -0.1) is 0 Å². The fraction of sp³-hybridized carbons (Fsp3) is 0.640. The zero-order chi connectivity index (χ0) is 20.1. The van der Waals surface area contributed by atoms with Crippen molar-refractivity contribution in [3.63, 3.8) is 0 Å². The van der Waals surface area contributed by atoms with Crippen LogP contribution in [0.5, 0.6) is 0 Å². The van der Waals surface area contributed by atoms with Crippen LogP contribution < -0.4 is 5.32 Å². The summed E-state index contributed by atoms with van der Waals surface area (Å²) in [5.74, 6) is 0.923. The van der Waals surface area contributed by atoms with Gasteiger partial charge in [0, 0.05) is 22.6 Å². The van der Waals surface area contributed by atoms with Crippen molar-refractivity contribution >= 4 is 22.6 Å². The first-order chi connectivity index (χ1) is 14.2. The number of fused-ring (bicyclic) bond motifs is 1. The molecule has 4 heteroatoms. The molecule has 0 radical (unpaired) electrons. The molecule has 29 heavy (non-hydrogen) atoms. The first kappa shape index (κ1) is 20.5. The van der Waals surface area contributed by atoms with Gasteiger partial charge in [0.25, 0.3) is 0 Å². The van der Waals surface area contributed by atoms with Crippen LogP contribution in [-0.4, -0.2) is 30.4 Å². The van der Waals surface area contributed by atoms with Crippen LogP contribution in [0.4, 0.5) is 5.69 Å². The molecule has 0 bridgehead atoms. The number of furan rings is 1. The summed E-state index contributed by atoms with van der Waals surface area (Å²) < 4.78 is 5.86. The second-order valence-corrected chi connectivity index (χ2v) is 9.05. The van der Waals surface area contributed by atoms with Gasteiger partial charge < -0.3 is 14.6 Å². The molecule has 1 aromatic carbocycles. The minimum absolute atomic E-state index is 0.171. The van der Waals surface area contributed by atoms with Crippen LogP contribution in [0.1, 0.15) is 82.6 Å². The zero-order valence-corrected chi connectivity index (χ0v) is 17.9. The maximum Gasteiger partial charge on any atom is 0.227 e. The van der Waals surface area contributed by atoms with Crippen LogP contribution in [0.15, 0.2) is 28.9 Å². The smallest absolute Gasteiger partial charge is 0.227 e. The van der Waals surface area contributed by atoms with Crippen molar-refractivity contribution in [3.8, 4) is 0 Å². The van der Waals surface area contributed by atoms with Crippen molar-refractivity contribution < 1.29 is 9.21 Å². The number of unbranched alkanes of at least 4 members (excludes halogenated alkanes) is 1. The molecule has 4 nitrogen and oxygen atoms in total. The van der Waals surface area contributed by atoms with Gasteiger partial charge >= 0.3 is 0 Å². The number of hydrogen-bond donors (Lipinski definition) is 1. The molecular formula is C25H36N2O2. The highest BCUT2D eigenvalue weighted by Crippen LogP contribution is 2.36. The Hall–Kier alpha value is -1.81. The predicted octanol–water partition coefficient (Wildman–Crippen LogP) is 6.32. The van der Waals surface area contributed by atoms with E-state index in [1.165, 1.54) is 82.0 Å². The molecule has 1 aliphatic heterocycles. The normalized spacial score (nSPS) is 20.0. The summed E-state index contributed by atoms with van der Waals surface area (Å²) >= 11 is 0. The average molecular weight is 397 g/mol. The van der Waals surface area contributed by atoms with E-state index in [0.717, 1.165) is 24.1 Å². The lowest BCUT2D eigenvalue weighted by molar-refractivity contribution is -0.120. The lowest BCUT2D eigenvalue weighted by Gasteiger charge is -2.31.